The smallest absolute Gasteiger partial charge is 0.233 e. The van der Waals surface area contributed by atoms with E-state index in [1.807, 2.05) is 30.3 Å². The second-order valence-electron chi connectivity index (χ2n) is 3.45. The van der Waals surface area contributed by atoms with Gasteiger partial charge in [-0.15, -0.1) is 0 Å². The van der Waals surface area contributed by atoms with Crippen molar-refractivity contribution in [3.63, 3.8) is 0 Å². The molecule has 0 aliphatic rings. The van der Waals surface area contributed by atoms with Gasteiger partial charge in [-0.05, 0) is 12.0 Å². The third-order valence-electron chi connectivity index (χ3n) is 2.08. The highest BCUT2D eigenvalue weighted by Crippen LogP contribution is 2.00. The molecule has 0 aromatic heterocycles. The van der Waals surface area contributed by atoms with Gasteiger partial charge in [0.25, 0.3) is 0 Å². The number of nitrogens with one attached hydrogen (secondary N) is 1. The highest BCUT2D eigenvalue weighted by molar-refractivity contribution is 5.77. The summed E-state index contributed by atoms with van der Waals surface area (Å²) in [6, 6.07) is 10.00. The van der Waals surface area contributed by atoms with Gasteiger partial charge in [-0.2, -0.15) is 0 Å². The van der Waals surface area contributed by atoms with Crippen molar-refractivity contribution in [2.24, 2.45) is 5.73 Å². The Morgan fingerprint density at radius 2 is 2.06 bits per heavy atom. The van der Waals surface area contributed by atoms with E-state index in [-0.39, 0.29) is 12.5 Å². The monoisotopic (exact) mass is 222 g/mol. The summed E-state index contributed by atoms with van der Waals surface area (Å²) in [7, 11) is 0. The molecule has 0 atom stereocenters. The molecule has 0 unspecified atom stereocenters. The van der Waals surface area contributed by atoms with Crippen LogP contribution in [0.25, 0.3) is 0 Å². The fourth-order valence-corrected chi connectivity index (χ4v) is 1.24. The van der Waals surface area contributed by atoms with E-state index < -0.39 is 0 Å². The predicted octanol–water partition coefficient (Wildman–Crippen LogP) is 0.668. The molecule has 0 fully saturated rings. The van der Waals surface area contributed by atoms with Crippen LogP contribution in [0, 0.1) is 0 Å². The third-order valence-corrected chi connectivity index (χ3v) is 2.08. The van der Waals surface area contributed by atoms with Crippen molar-refractivity contribution in [2.45, 2.75) is 13.0 Å². The van der Waals surface area contributed by atoms with Crippen LogP contribution >= 0.6 is 0 Å². The minimum absolute atomic E-state index is 0.0465. The molecule has 1 aromatic carbocycles. The molecule has 1 rings (SSSR count). The predicted molar refractivity (Wildman–Crippen MR) is 62.8 cm³/mol. The lowest BCUT2D eigenvalue weighted by Gasteiger charge is -2.05. The van der Waals surface area contributed by atoms with Crippen molar-refractivity contribution in [3.05, 3.63) is 35.9 Å². The van der Waals surface area contributed by atoms with Crippen LogP contribution in [0.2, 0.25) is 0 Å². The van der Waals surface area contributed by atoms with Crippen molar-refractivity contribution in [1.82, 2.24) is 5.32 Å². The average Bonchev–Trinajstić information content (AvgIpc) is 2.34. The van der Waals surface area contributed by atoms with Crippen molar-refractivity contribution in [3.8, 4) is 0 Å². The summed E-state index contributed by atoms with van der Waals surface area (Å²) in [5, 5.41) is 2.69. The van der Waals surface area contributed by atoms with Gasteiger partial charge in [0.2, 0.25) is 5.91 Å². The zero-order valence-electron chi connectivity index (χ0n) is 9.32. The van der Waals surface area contributed by atoms with E-state index in [2.05, 4.69) is 5.32 Å². The number of hydrogen-bond donors (Lipinski definition) is 2. The quantitative estimate of drug-likeness (QED) is 0.666. The van der Waals surface area contributed by atoms with Gasteiger partial charge in [-0.25, -0.2) is 0 Å². The highest BCUT2D eigenvalue weighted by Gasteiger charge is 1.95. The van der Waals surface area contributed by atoms with Crippen molar-refractivity contribution in [1.29, 1.82) is 0 Å². The van der Waals surface area contributed by atoms with E-state index in [0.717, 1.165) is 12.0 Å². The summed E-state index contributed by atoms with van der Waals surface area (Å²) in [6.07, 6.45) is 0.804. The summed E-state index contributed by atoms with van der Waals surface area (Å²) in [5.74, 6) is -0.122. The molecule has 0 saturated heterocycles. The number of carbonyl (C=O) groups is 1. The Kier molecular flexibility index (Phi) is 6.22. The molecule has 1 amide bonds. The maximum atomic E-state index is 10.8. The van der Waals surface area contributed by atoms with E-state index in [4.69, 9.17) is 10.5 Å². The molecule has 0 spiro atoms. The molecular weight excluding hydrogens is 204 g/mol. The lowest BCUT2D eigenvalue weighted by Crippen LogP contribution is -2.31. The van der Waals surface area contributed by atoms with Gasteiger partial charge in [0.15, 0.2) is 0 Å². The van der Waals surface area contributed by atoms with Crippen LogP contribution in [-0.2, 0) is 16.1 Å². The van der Waals surface area contributed by atoms with Crippen LogP contribution < -0.4 is 11.1 Å². The van der Waals surface area contributed by atoms with Gasteiger partial charge >= 0.3 is 0 Å². The molecule has 4 nitrogen and oxygen atoms in total. The van der Waals surface area contributed by atoms with E-state index in [9.17, 15) is 4.79 Å². The number of ether oxygens (including phenoxy) is 1. The topological polar surface area (TPSA) is 64.4 Å². The van der Waals surface area contributed by atoms with Gasteiger partial charge < -0.3 is 15.8 Å². The fraction of sp³-hybridized carbons (Fsp3) is 0.417. The van der Waals surface area contributed by atoms with Crippen LogP contribution in [0.4, 0.5) is 0 Å². The molecule has 0 aliphatic heterocycles. The Hall–Kier alpha value is -1.39. The number of amides is 1. The van der Waals surface area contributed by atoms with Crippen molar-refractivity contribution >= 4 is 5.91 Å². The number of rotatable bonds is 7. The highest BCUT2D eigenvalue weighted by atomic mass is 16.5. The molecule has 16 heavy (non-hydrogen) atoms. The Balaban J connectivity index is 1.98. The average molecular weight is 222 g/mol. The minimum atomic E-state index is -0.122. The van der Waals surface area contributed by atoms with E-state index in [0.29, 0.717) is 19.8 Å². The first-order valence-corrected chi connectivity index (χ1v) is 5.41. The second-order valence-corrected chi connectivity index (χ2v) is 3.45. The second kappa shape index (κ2) is 7.84. The fourth-order valence-electron chi connectivity index (χ4n) is 1.24. The third kappa shape index (κ3) is 5.48. The molecule has 0 aliphatic carbocycles. The van der Waals surface area contributed by atoms with Crippen molar-refractivity contribution < 1.29 is 9.53 Å². The molecule has 4 heteroatoms. The number of hydrogen-bond acceptors (Lipinski definition) is 3. The molecule has 0 heterocycles. The molecule has 3 N–H and O–H groups in total. The lowest BCUT2D eigenvalue weighted by atomic mass is 10.2. The number of benzene rings is 1. The van der Waals surface area contributed by atoms with Crippen LogP contribution in [0.3, 0.4) is 0 Å². The Morgan fingerprint density at radius 1 is 1.31 bits per heavy atom. The summed E-state index contributed by atoms with van der Waals surface area (Å²) < 4.78 is 5.45. The summed E-state index contributed by atoms with van der Waals surface area (Å²) in [4.78, 5) is 10.8. The number of nitrogens with two attached hydrogens (primary N) is 1. The summed E-state index contributed by atoms with van der Waals surface area (Å²) in [5.41, 5.74) is 6.31. The standard InChI is InChI=1S/C12H18N2O2/c13-9-12(15)14-7-4-8-16-10-11-5-2-1-3-6-11/h1-3,5-6H,4,7-10,13H2,(H,14,15). The summed E-state index contributed by atoms with van der Waals surface area (Å²) in [6.45, 7) is 1.92. The van der Waals surface area contributed by atoms with Gasteiger partial charge in [0.05, 0.1) is 13.2 Å². The van der Waals surface area contributed by atoms with Gasteiger partial charge in [-0.3, -0.25) is 4.79 Å². The van der Waals surface area contributed by atoms with E-state index >= 15 is 0 Å². The molecule has 88 valence electrons. The Bertz CT molecular complexity index is 301. The molecule has 0 bridgehead atoms. The first-order valence-electron chi connectivity index (χ1n) is 5.41. The van der Waals surface area contributed by atoms with E-state index in [1.54, 1.807) is 0 Å². The Labute approximate surface area is 95.8 Å². The molecule has 1 aromatic rings. The maximum Gasteiger partial charge on any atom is 0.233 e. The maximum absolute atomic E-state index is 10.8. The lowest BCUT2D eigenvalue weighted by molar-refractivity contribution is -0.119. The molecular formula is C12H18N2O2. The molecule has 0 saturated carbocycles. The first-order chi connectivity index (χ1) is 7.83. The van der Waals surface area contributed by atoms with Gasteiger partial charge in [0.1, 0.15) is 0 Å². The van der Waals surface area contributed by atoms with Crippen LogP contribution in [0.1, 0.15) is 12.0 Å². The largest absolute Gasteiger partial charge is 0.377 e. The Morgan fingerprint density at radius 3 is 2.75 bits per heavy atom. The van der Waals surface area contributed by atoms with E-state index in [1.165, 1.54) is 0 Å². The van der Waals surface area contributed by atoms with Gasteiger partial charge in [0, 0.05) is 13.2 Å². The van der Waals surface area contributed by atoms with Crippen LogP contribution in [0.15, 0.2) is 30.3 Å². The normalized spacial score (nSPS) is 10.1. The summed E-state index contributed by atoms with van der Waals surface area (Å²) >= 11 is 0. The zero-order chi connectivity index (χ0) is 11.6. The molecule has 0 radical (unpaired) electrons. The van der Waals surface area contributed by atoms with Crippen LogP contribution in [0.5, 0.6) is 0 Å². The van der Waals surface area contributed by atoms with Crippen molar-refractivity contribution in [2.75, 3.05) is 19.7 Å². The first kappa shape index (κ1) is 12.7. The SMILES string of the molecule is NCC(=O)NCCCOCc1ccccc1. The van der Waals surface area contributed by atoms with Gasteiger partial charge in [-0.1, -0.05) is 30.3 Å². The number of carbonyl (C=O) groups excluding carboxylic acids is 1. The zero-order valence-corrected chi connectivity index (χ0v) is 9.32. The minimum Gasteiger partial charge on any atom is -0.377 e. The van der Waals surface area contributed by atoms with Crippen LogP contribution in [-0.4, -0.2) is 25.6 Å².